The summed E-state index contributed by atoms with van der Waals surface area (Å²) >= 11 is 0. The topological polar surface area (TPSA) is 125 Å². The Morgan fingerprint density at radius 3 is 2.43 bits per heavy atom. The van der Waals surface area contributed by atoms with E-state index in [4.69, 9.17) is 47.4 Å². The molecule has 0 amide bonds. The third-order valence-corrected chi connectivity index (χ3v) is 14.9. The van der Waals surface area contributed by atoms with Gasteiger partial charge in [-0.05, 0) is 74.9 Å². The minimum absolute atomic E-state index is 0.0148. The lowest BCUT2D eigenvalue weighted by atomic mass is 9.81. The minimum atomic E-state index is -0.747. The van der Waals surface area contributed by atoms with Crippen molar-refractivity contribution < 1.29 is 52.5 Å². The number of fused-ring (bicyclic) bond motifs is 6. The normalized spacial score (nSPS) is 54.7. The fourth-order valence-corrected chi connectivity index (χ4v) is 12.1. The van der Waals surface area contributed by atoms with E-state index in [2.05, 4.69) is 25.4 Å². The molecule has 11 aliphatic heterocycles. The Hall–Kier alpha value is -1.00. The number of nitrogens with one attached hydrogen (secondary N) is 1. The van der Waals surface area contributed by atoms with E-state index in [1.807, 2.05) is 0 Å². The van der Waals surface area contributed by atoms with Crippen LogP contribution >= 0.6 is 0 Å². The van der Waals surface area contributed by atoms with Crippen molar-refractivity contribution in [3.8, 4) is 0 Å². The molecule has 0 saturated carbocycles. The maximum absolute atomic E-state index is 11.9. The lowest BCUT2D eigenvalue weighted by molar-refractivity contribution is -0.294. The third-order valence-electron chi connectivity index (χ3n) is 14.9. The van der Waals surface area contributed by atoms with Crippen LogP contribution in [0.15, 0.2) is 24.3 Å². The monoisotopic (exact) mass is 757 g/mol. The van der Waals surface area contributed by atoms with Gasteiger partial charge in [0.2, 0.25) is 0 Å². The van der Waals surface area contributed by atoms with E-state index < -0.39 is 11.9 Å². The van der Waals surface area contributed by atoms with Gasteiger partial charge in [-0.3, -0.25) is 0 Å². The van der Waals surface area contributed by atoms with Crippen molar-refractivity contribution in [3.63, 3.8) is 0 Å². The molecule has 1 spiro atoms. The molecule has 12 heteroatoms. The van der Waals surface area contributed by atoms with Crippen LogP contribution in [-0.2, 0) is 47.4 Å². The quantitative estimate of drug-likeness (QED) is 0.406. The van der Waals surface area contributed by atoms with Crippen LogP contribution in [0, 0.1) is 11.8 Å². The molecular weight excluding hydrogens is 694 g/mol. The number of hydrogen-bond acceptors (Lipinski definition) is 12. The van der Waals surface area contributed by atoms with E-state index in [9.17, 15) is 5.11 Å². The first-order valence-corrected chi connectivity index (χ1v) is 21.4. The molecule has 0 aliphatic carbocycles. The molecule has 20 atom stereocenters. The maximum atomic E-state index is 11.9. The number of aliphatic hydroxyl groups excluding tert-OH is 1. The molecule has 54 heavy (non-hydrogen) atoms. The molecule has 0 aromatic carbocycles. The number of rotatable bonds is 3. The molecule has 11 saturated heterocycles. The van der Waals surface area contributed by atoms with Crippen molar-refractivity contribution in [1.29, 1.82) is 0 Å². The standard InChI is InChI=1S/C42H63NO11/c1-21-13-25-5-7-30-22(2)14-27(47-30)9-10-42-19-35-38(53-42)39-40(52-35)41(54-42)37-31(51-39)8-6-26(49-37)15-24(44)16-29-33(18-32(48-25)23(21)3)50-34(36(29)45-4)17-28-20-43-11-12-46-28/h21,24-41,43-44H,2-3,5-20H2,1,4H3/t21-,24?,25+,26-,27+,28+,29+,30+,31+,32-,33+,34-,35-,36-,37+,38+,39+,40?,41+,42+/m1/s1. The molecule has 2 unspecified atom stereocenters. The van der Waals surface area contributed by atoms with E-state index in [1.54, 1.807) is 7.11 Å². The van der Waals surface area contributed by atoms with Crippen LogP contribution in [0.2, 0.25) is 0 Å². The molecule has 11 rings (SSSR count). The number of morpholine rings is 1. The van der Waals surface area contributed by atoms with Crippen LogP contribution in [0.25, 0.3) is 0 Å². The predicted molar refractivity (Wildman–Crippen MR) is 195 cm³/mol. The molecule has 2 N–H and O–H groups in total. The molecule has 11 fully saturated rings. The average Bonchev–Trinajstić information content (AvgIpc) is 3.83. The summed E-state index contributed by atoms with van der Waals surface area (Å²) in [4.78, 5) is 0. The van der Waals surface area contributed by atoms with Crippen molar-refractivity contribution in [1.82, 2.24) is 5.32 Å². The Morgan fingerprint density at radius 2 is 1.57 bits per heavy atom. The Kier molecular flexibility index (Phi) is 10.3. The SMILES string of the molecule is C=C1C[C@@H]2CC[C@@]34C[C@H]5OC6[C@@H](O[C@H]7CC[C@H](CC(O)C[C@@H]8[C@@H](OC)[C@@H](C[C@H]9CNCCO9)O[C@H]8C[C@H]8O[C@@H](CC[C@@H]1O2)C[C@@H](C)C8=C)O[C@@H]7[C@@H]6O3)[C@H]5O4. The van der Waals surface area contributed by atoms with Crippen LogP contribution in [0.3, 0.4) is 0 Å². The Balaban J connectivity index is 0.924. The van der Waals surface area contributed by atoms with E-state index in [0.717, 1.165) is 76.5 Å². The molecule has 0 radical (unpaired) electrons. The summed E-state index contributed by atoms with van der Waals surface area (Å²) in [6, 6.07) is 0. The van der Waals surface area contributed by atoms with Gasteiger partial charge in [0.25, 0.3) is 0 Å². The number of hydrogen-bond donors (Lipinski definition) is 2. The summed E-state index contributed by atoms with van der Waals surface area (Å²) in [6.07, 6.45) is 7.68. The van der Waals surface area contributed by atoms with Crippen molar-refractivity contribution >= 4 is 0 Å². The van der Waals surface area contributed by atoms with E-state index in [1.165, 1.54) is 5.57 Å². The highest BCUT2D eigenvalue weighted by molar-refractivity contribution is 5.15. The summed E-state index contributed by atoms with van der Waals surface area (Å²) in [5.74, 6) is -0.445. The highest BCUT2D eigenvalue weighted by atomic mass is 16.8. The zero-order chi connectivity index (χ0) is 36.7. The largest absolute Gasteiger partial charge is 0.393 e. The van der Waals surface area contributed by atoms with Crippen molar-refractivity contribution in [3.05, 3.63) is 24.3 Å². The Labute approximate surface area is 320 Å². The lowest BCUT2D eigenvalue weighted by Crippen LogP contribution is -2.61. The van der Waals surface area contributed by atoms with Gasteiger partial charge in [0, 0.05) is 51.8 Å². The molecule has 302 valence electrons. The molecular formula is C42H63NO11. The molecule has 11 aliphatic rings. The number of ether oxygens (including phenoxy) is 10. The molecule has 12 bridgehead atoms. The Morgan fingerprint density at radius 1 is 0.778 bits per heavy atom. The smallest absolute Gasteiger partial charge is 0.172 e. The van der Waals surface area contributed by atoms with Gasteiger partial charge in [0.1, 0.15) is 30.5 Å². The fraction of sp³-hybridized carbons (Fsp3) is 0.905. The predicted octanol–water partition coefficient (Wildman–Crippen LogP) is 3.90. The zero-order valence-electron chi connectivity index (χ0n) is 32.2. The van der Waals surface area contributed by atoms with E-state index in [-0.39, 0.29) is 104 Å². The second-order valence-electron chi connectivity index (χ2n) is 18.4. The molecule has 0 aromatic heterocycles. The molecule has 11 heterocycles. The summed E-state index contributed by atoms with van der Waals surface area (Å²) in [6.45, 7) is 13.6. The average molecular weight is 758 g/mol. The third kappa shape index (κ3) is 6.89. The van der Waals surface area contributed by atoms with E-state index >= 15 is 0 Å². The second-order valence-corrected chi connectivity index (χ2v) is 18.4. The van der Waals surface area contributed by atoms with Gasteiger partial charge in [-0.2, -0.15) is 0 Å². The molecule has 12 nitrogen and oxygen atoms in total. The first kappa shape index (κ1) is 37.3. The number of aliphatic hydroxyl groups is 1. The van der Waals surface area contributed by atoms with Crippen LogP contribution < -0.4 is 5.32 Å². The maximum Gasteiger partial charge on any atom is 0.172 e. The van der Waals surface area contributed by atoms with Crippen LogP contribution in [-0.4, -0.2) is 141 Å². The van der Waals surface area contributed by atoms with Crippen molar-refractivity contribution in [2.24, 2.45) is 11.8 Å². The first-order valence-electron chi connectivity index (χ1n) is 21.4. The van der Waals surface area contributed by atoms with Crippen LogP contribution in [0.1, 0.15) is 90.4 Å². The number of methoxy groups -OCH3 is 1. The van der Waals surface area contributed by atoms with Gasteiger partial charge < -0.3 is 57.8 Å². The van der Waals surface area contributed by atoms with E-state index in [0.29, 0.717) is 38.2 Å². The highest BCUT2D eigenvalue weighted by Crippen LogP contribution is 2.54. The first-order chi connectivity index (χ1) is 26.2. The minimum Gasteiger partial charge on any atom is -0.393 e. The van der Waals surface area contributed by atoms with Gasteiger partial charge in [-0.1, -0.05) is 20.1 Å². The summed E-state index contributed by atoms with van der Waals surface area (Å²) in [7, 11) is 1.78. The van der Waals surface area contributed by atoms with Crippen molar-refractivity contribution in [2.75, 3.05) is 26.8 Å². The lowest BCUT2D eigenvalue weighted by Gasteiger charge is -2.47. The zero-order valence-corrected chi connectivity index (χ0v) is 32.2. The van der Waals surface area contributed by atoms with Crippen LogP contribution in [0.4, 0.5) is 0 Å². The van der Waals surface area contributed by atoms with Gasteiger partial charge in [0.05, 0.1) is 79.9 Å². The van der Waals surface area contributed by atoms with Crippen molar-refractivity contribution in [2.45, 2.75) is 200 Å². The second kappa shape index (κ2) is 15.0. The van der Waals surface area contributed by atoms with Gasteiger partial charge >= 0.3 is 0 Å². The fourth-order valence-electron chi connectivity index (χ4n) is 12.1. The van der Waals surface area contributed by atoms with Gasteiger partial charge in [-0.25, -0.2) is 0 Å². The summed E-state index contributed by atoms with van der Waals surface area (Å²) in [5, 5.41) is 15.4. The van der Waals surface area contributed by atoms with Gasteiger partial charge in [0.15, 0.2) is 5.79 Å². The van der Waals surface area contributed by atoms with Gasteiger partial charge in [-0.15, -0.1) is 0 Å². The summed E-state index contributed by atoms with van der Waals surface area (Å²) in [5.41, 5.74) is 2.30. The Bertz CT molecular complexity index is 1390. The summed E-state index contributed by atoms with van der Waals surface area (Å²) < 4.78 is 67.1. The highest BCUT2D eigenvalue weighted by Gasteiger charge is 2.68. The van der Waals surface area contributed by atoms with Crippen LogP contribution in [0.5, 0.6) is 0 Å². The molecule has 0 aromatic rings.